The Morgan fingerprint density at radius 2 is 2.25 bits per heavy atom. The predicted octanol–water partition coefficient (Wildman–Crippen LogP) is 2.73. The van der Waals surface area contributed by atoms with Crippen molar-refractivity contribution in [2.24, 2.45) is 17.6 Å². The monoisotopic (exact) mass is 328 g/mol. The molecule has 6 nitrogen and oxygen atoms in total. The molecule has 2 aromatic rings. The lowest BCUT2D eigenvalue weighted by molar-refractivity contribution is -0.120. The molecule has 0 bridgehead atoms. The lowest BCUT2D eigenvalue weighted by atomic mass is 9.95. The van der Waals surface area contributed by atoms with E-state index in [4.69, 9.17) is 10.5 Å². The van der Waals surface area contributed by atoms with Crippen LogP contribution < -0.4 is 11.1 Å². The molecule has 2 aliphatic rings. The maximum atomic E-state index is 12.5. The van der Waals surface area contributed by atoms with Gasteiger partial charge in [0.05, 0.1) is 11.0 Å². The van der Waals surface area contributed by atoms with Crippen molar-refractivity contribution < 1.29 is 9.53 Å². The van der Waals surface area contributed by atoms with Gasteiger partial charge >= 0.3 is 0 Å². The highest BCUT2D eigenvalue weighted by Crippen LogP contribution is 2.32. The Morgan fingerprint density at radius 3 is 3.04 bits per heavy atom. The van der Waals surface area contributed by atoms with E-state index in [9.17, 15) is 4.79 Å². The van der Waals surface area contributed by atoms with Crippen LogP contribution in [-0.2, 0) is 9.53 Å². The molecule has 1 aromatic heterocycles. The van der Waals surface area contributed by atoms with Gasteiger partial charge in [0.1, 0.15) is 11.9 Å². The topological polar surface area (TPSA) is 93.0 Å². The highest BCUT2D eigenvalue weighted by molar-refractivity contribution is 5.94. The number of nitrogens with two attached hydrogens (primary N) is 1. The Balaban J connectivity index is 1.51. The highest BCUT2D eigenvalue weighted by atomic mass is 16.5. The Labute approximate surface area is 141 Å². The number of amides is 1. The van der Waals surface area contributed by atoms with E-state index in [1.165, 1.54) is 0 Å². The number of ether oxygens (including phenoxy) is 1. The van der Waals surface area contributed by atoms with Crippen LogP contribution in [0.2, 0.25) is 0 Å². The number of aromatic amines is 1. The van der Waals surface area contributed by atoms with Gasteiger partial charge < -0.3 is 20.8 Å². The zero-order valence-electron chi connectivity index (χ0n) is 13.8. The fourth-order valence-corrected chi connectivity index (χ4v) is 3.95. The summed E-state index contributed by atoms with van der Waals surface area (Å²) in [6.07, 6.45) is 5.23. The Bertz CT molecular complexity index is 736. The number of hydrogen-bond donors (Lipinski definition) is 3. The molecule has 1 aliphatic carbocycles. The summed E-state index contributed by atoms with van der Waals surface area (Å²) in [6.45, 7) is 1.38. The third-order valence-electron chi connectivity index (χ3n) is 5.30. The number of nitrogens with one attached hydrogen (secondary N) is 2. The molecule has 4 rings (SSSR count). The molecule has 128 valence electrons. The minimum atomic E-state index is 0.0370. The van der Waals surface area contributed by atoms with E-state index >= 15 is 0 Å². The first-order valence-electron chi connectivity index (χ1n) is 8.87. The Hall–Kier alpha value is -1.92. The average molecular weight is 328 g/mol. The van der Waals surface area contributed by atoms with Crippen LogP contribution in [0.5, 0.6) is 0 Å². The van der Waals surface area contributed by atoms with Crippen molar-refractivity contribution in [2.75, 3.05) is 18.5 Å². The van der Waals surface area contributed by atoms with Crippen LogP contribution in [0.3, 0.4) is 0 Å². The molecule has 3 atom stereocenters. The van der Waals surface area contributed by atoms with Crippen molar-refractivity contribution in [1.82, 2.24) is 9.97 Å². The molecule has 1 saturated heterocycles. The van der Waals surface area contributed by atoms with Gasteiger partial charge in [0.15, 0.2) is 0 Å². The normalized spacial score (nSPS) is 27.0. The van der Waals surface area contributed by atoms with E-state index in [-0.39, 0.29) is 17.9 Å². The van der Waals surface area contributed by atoms with E-state index in [0.29, 0.717) is 12.5 Å². The second-order valence-electron chi connectivity index (χ2n) is 6.88. The maximum absolute atomic E-state index is 12.5. The van der Waals surface area contributed by atoms with Gasteiger partial charge in [-0.05, 0) is 56.3 Å². The molecule has 1 aliphatic heterocycles. The molecule has 1 aromatic carbocycles. The van der Waals surface area contributed by atoms with Crippen LogP contribution >= 0.6 is 0 Å². The number of aromatic nitrogens is 2. The number of carbonyl (C=O) groups excluding carboxylic acids is 1. The van der Waals surface area contributed by atoms with Crippen molar-refractivity contribution in [3.05, 3.63) is 24.0 Å². The lowest BCUT2D eigenvalue weighted by Crippen LogP contribution is -2.29. The number of fused-ring (bicyclic) bond motifs is 1. The van der Waals surface area contributed by atoms with Gasteiger partial charge in [0, 0.05) is 18.2 Å². The van der Waals surface area contributed by atoms with E-state index < -0.39 is 0 Å². The number of imidazole rings is 1. The minimum absolute atomic E-state index is 0.0370. The Kier molecular flexibility index (Phi) is 4.24. The second kappa shape index (κ2) is 6.53. The molecule has 24 heavy (non-hydrogen) atoms. The van der Waals surface area contributed by atoms with Crippen molar-refractivity contribution in [2.45, 2.75) is 38.2 Å². The van der Waals surface area contributed by atoms with Gasteiger partial charge in [0.2, 0.25) is 5.91 Å². The number of nitrogens with zero attached hydrogens (tertiary/aromatic N) is 1. The summed E-state index contributed by atoms with van der Waals surface area (Å²) in [5, 5.41) is 3.05. The fraction of sp³-hybridized carbons (Fsp3) is 0.556. The van der Waals surface area contributed by atoms with Gasteiger partial charge in [-0.2, -0.15) is 0 Å². The molecule has 4 N–H and O–H groups in total. The minimum Gasteiger partial charge on any atom is -0.370 e. The third-order valence-corrected chi connectivity index (χ3v) is 5.30. The summed E-state index contributed by atoms with van der Waals surface area (Å²) in [5.41, 5.74) is 8.42. The fourth-order valence-electron chi connectivity index (χ4n) is 3.95. The molecule has 0 radical (unpaired) electrons. The Morgan fingerprint density at radius 1 is 1.33 bits per heavy atom. The average Bonchev–Trinajstić information content (AvgIpc) is 3.32. The van der Waals surface area contributed by atoms with Crippen LogP contribution in [0.4, 0.5) is 5.69 Å². The zero-order chi connectivity index (χ0) is 16.5. The van der Waals surface area contributed by atoms with Crippen LogP contribution in [-0.4, -0.2) is 29.0 Å². The first-order valence-corrected chi connectivity index (χ1v) is 8.87. The summed E-state index contributed by atoms with van der Waals surface area (Å²) in [7, 11) is 0. The van der Waals surface area contributed by atoms with Gasteiger partial charge in [-0.25, -0.2) is 4.98 Å². The second-order valence-corrected chi connectivity index (χ2v) is 6.88. The molecule has 1 amide bonds. The molecular weight excluding hydrogens is 304 g/mol. The van der Waals surface area contributed by atoms with Crippen LogP contribution in [0, 0.1) is 11.8 Å². The van der Waals surface area contributed by atoms with E-state index in [1.807, 2.05) is 18.2 Å². The summed E-state index contributed by atoms with van der Waals surface area (Å²) >= 11 is 0. The zero-order valence-corrected chi connectivity index (χ0v) is 13.8. The van der Waals surface area contributed by atoms with Crippen molar-refractivity contribution in [1.29, 1.82) is 0 Å². The number of rotatable bonds is 4. The first kappa shape index (κ1) is 15.6. The predicted molar refractivity (Wildman–Crippen MR) is 92.5 cm³/mol. The summed E-state index contributed by atoms with van der Waals surface area (Å²) < 4.78 is 5.68. The van der Waals surface area contributed by atoms with Crippen molar-refractivity contribution in [3.63, 3.8) is 0 Å². The molecule has 1 unspecified atom stereocenters. The summed E-state index contributed by atoms with van der Waals surface area (Å²) in [5.74, 6) is 1.31. The first-order chi connectivity index (χ1) is 11.7. The molecule has 2 heterocycles. The standard InChI is InChI=1S/C18H24N4O2/c19-10-11-3-1-4-13(11)18(23)20-12-6-7-14-15(9-12)22-17(21-14)16-5-2-8-24-16/h6-7,9,11,13,16H,1-5,8,10,19H2,(H,20,23)(H,21,22)/t11-,13-,16?/m1/s1. The van der Waals surface area contributed by atoms with Gasteiger partial charge in [0.25, 0.3) is 0 Å². The lowest BCUT2D eigenvalue weighted by Gasteiger charge is -2.17. The number of anilines is 1. The number of benzene rings is 1. The smallest absolute Gasteiger partial charge is 0.227 e. The van der Waals surface area contributed by atoms with E-state index in [1.54, 1.807) is 0 Å². The van der Waals surface area contributed by atoms with Crippen molar-refractivity contribution >= 4 is 22.6 Å². The van der Waals surface area contributed by atoms with Gasteiger partial charge in [-0.3, -0.25) is 4.79 Å². The van der Waals surface area contributed by atoms with Gasteiger partial charge in [-0.15, -0.1) is 0 Å². The summed E-state index contributed by atoms with van der Waals surface area (Å²) in [6, 6.07) is 5.80. The van der Waals surface area contributed by atoms with Crippen LogP contribution in [0.25, 0.3) is 11.0 Å². The van der Waals surface area contributed by atoms with Crippen LogP contribution in [0.15, 0.2) is 18.2 Å². The highest BCUT2D eigenvalue weighted by Gasteiger charge is 2.32. The van der Waals surface area contributed by atoms with E-state index in [2.05, 4.69) is 15.3 Å². The summed E-state index contributed by atoms with van der Waals surface area (Å²) in [4.78, 5) is 20.5. The number of carbonyl (C=O) groups is 1. The SMILES string of the molecule is NC[C@H]1CCC[C@H]1C(=O)Nc1ccc2nc(C3CCCO3)[nH]c2c1. The largest absolute Gasteiger partial charge is 0.370 e. The van der Waals surface area contributed by atoms with Crippen molar-refractivity contribution in [3.8, 4) is 0 Å². The van der Waals surface area contributed by atoms with E-state index in [0.717, 1.165) is 61.3 Å². The molecule has 1 saturated carbocycles. The van der Waals surface area contributed by atoms with Crippen LogP contribution in [0.1, 0.15) is 44.0 Å². The number of hydrogen-bond acceptors (Lipinski definition) is 4. The molecule has 0 spiro atoms. The molecular formula is C18H24N4O2. The number of H-pyrrole nitrogens is 1. The quantitative estimate of drug-likeness (QED) is 0.804. The molecule has 2 fully saturated rings. The molecule has 6 heteroatoms. The van der Waals surface area contributed by atoms with Gasteiger partial charge in [-0.1, -0.05) is 6.42 Å². The third kappa shape index (κ3) is 2.91. The maximum Gasteiger partial charge on any atom is 0.227 e.